The highest BCUT2D eigenvalue weighted by molar-refractivity contribution is 7.99. The van der Waals surface area contributed by atoms with Gasteiger partial charge in [-0.1, -0.05) is 30.3 Å². The first-order chi connectivity index (χ1) is 7.18. The summed E-state index contributed by atoms with van der Waals surface area (Å²) < 4.78 is 0. The van der Waals surface area contributed by atoms with E-state index in [4.69, 9.17) is 5.11 Å². The Morgan fingerprint density at radius 3 is 2.47 bits per heavy atom. The molecule has 4 heteroatoms. The van der Waals surface area contributed by atoms with Gasteiger partial charge in [-0.05, 0) is 5.56 Å². The molecule has 0 aliphatic heterocycles. The molecular weight excluding hydrogens is 212 g/mol. The minimum atomic E-state index is -1.06. The zero-order valence-electron chi connectivity index (χ0n) is 8.18. The zero-order chi connectivity index (χ0) is 11.1. The quantitative estimate of drug-likeness (QED) is 0.750. The van der Waals surface area contributed by atoms with E-state index in [0.717, 1.165) is 11.3 Å². The molecule has 0 aliphatic carbocycles. The molecule has 3 nitrogen and oxygen atoms in total. The van der Waals surface area contributed by atoms with Crippen LogP contribution in [0.5, 0.6) is 0 Å². The van der Waals surface area contributed by atoms with E-state index in [0.29, 0.717) is 0 Å². The molecule has 1 N–H and O–H groups in total. The molecule has 0 bridgehead atoms. The maximum Gasteiger partial charge on any atom is 0.310 e. The lowest BCUT2D eigenvalue weighted by Crippen LogP contribution is -2.08. The van der Waals surface area contributed by atoms with Crippen molar-refractivity contribution >= 4 is 23.5 Å². The molecule has 0 saturated heterocycles. The molecule has 0 unspecified atom stereocenters. The Balaban J connectivity index is 2.22. The van der Waals surface area contributed by atoms with E-state index in [-0.39, 0.29) is 18.0 Å². The largest absolute Gasteiger partial charge is 0.481 e. The maximum atomic E-state index is 11.0. The van der Waals surface area contributed by atoms with Gasteiger partial charge in [-0.25, -0.2) is 0 Å². The zero-order valence-corrected chi connectivity index (χ0v) is 9.00. The van der Waals surface area contributed by atoms with Gasteiger partial charge in [-0.2, -0.15) is 0 Å². The Morgan fingerprint density at radius 2 is 1.87 bits per heavy atom. The number of Topliss-reactive ketones (excluding diaryl/α,β-unsaturated/α-hetero) is 1. The summed E-state index contributed by atoms with van der Waals surface area (Å²) in [6, 6.07) is 9.77. The predicted octanol–water partition coefficient (Wildman–Crippen LogP) is 1.96. The van der Waals surface area contributed by atoms with Gasteiger partial charge in [0, 0.05) is 5.75 Å². The smallest absolute Gasteiger partial charge is 0.310 e. The average Bonchev–Trinajstić information content (AvgIpc) is 2.18. The fraction of sp³-hybridized carbons (Fsp3) is 0.273. The van der Waals surface area contributed by atoms with Crippen LogP contribution in [0.15, 0.2) is 30.3 Å². The third-order valence-electron chi connectivity index (χ3n) is 1.72. The Kier molecular flexibility index (Phi) is 4.90. The fourth-order valence-electron chi connectivity index (χ4n) is 1.08. The minimum Gasteiger partial charge on any atom is -0.481 e. The number of rotatable bonds is 6. The van der Waals surface area contributed by atoms with Gasteiger partial charge in [-0.15, -0.1) is 11.8 Å². The van der Waals surface area contributed by atoms with Gasteiger partial charge in [-0.3, -0.25) is 9.59 Å². The van der Waals surface area contributed by atoms with E-state index in [1.54, 1.807) is 0 Å². The number of carboxylic acids is 1. The summed E-state index contributed by atoms with van der Waals surface area (Å²) in [5.41, 5.74) is 1.14. The standard InChI is InChI=1S/C11H12O3S/c12-10(6-11(13)14)8-15-7-9-4-2-1-3-5-9/h1-5H,6-8H2,(H,13,14). The Hall–Kier alpha value is -1.29. The molecule has 0 aliphatic rings. The van der Waals surface area contributed by atoms with Crippen LogP contribution in [-0.2, 0) is 15.3 Å². The normalized spacial score (nSPS) is 9.87. The van der Waals surface area contributed by atoms with Crippen molar-refractivity contribution in [2.75, 3.05) is 5.75 Å². The highest BCUT2D eigenvalue weighted by Crippen LogP contribution is 2.11. The van der Waals surface area contributed by atoms with E-state index in [2.05, 4.69) is 0 Å². The molecule has 15 heavy (non-hydrogen) atoms. The second-order valence-electron chi connectivity index (χ2n) is 3.09. The van der Waals surface area contributed by atoms with Gasteiger partial charge in [0.1, 0.15) is 6.42 Å². The number of benzene rings is 1. The van der Waals surface area contributed by atoms with E-state index in [1.807, 2.05) is 30.3 Å². The molecule has 0 saturated carbocycles. The summed E-state index contributed by atoms with van der Waals surface area (Å²) >= 11 is 1.44. The van der Waals surface area contributed by atoms with Crippen LogP contribution in [0.2, 0.25) is 0 Å². The van der Waals surface area contributed by atoms with Crippen molar-refractivity contribution in [2.45, 2.75) is 12.2 Å². The third-order valence-corrected chi connectivity index (χ3v) is 2.79. The van der Waals surface area contributed by atoms with Gasteiger partial charge in [0.05, 0.1) is 5.75 Å². The lowest BCUT2D eigenvalue weighted by atomic mass is 10.2. The van der Waals surface area contributed by atoms with Crippen molar-refractivity contribution in [1.29, 1.82) is 0 Å². The molecule has 80 valence electrons. The maximum absolute atomic E-state index is 11.0. The minimum absolute atomic E-state index is 0.233. The molecule has 0 radical (unpaired) electrons. The summed E-state index contributed by atoms with van der Waals surface area (Å²) in [6.45, 7) is 0. The topological polar surface area (TPSA) is 54.4 Å². The summed E-state index contributed by atoms with van der Waals surface area (Å²) in [5, 5.41) is 8.37. The van der Waals surface area contributed by atoms with Gasteiger partial charge in [0.2, 0.25) is 0 Å². The van der Waals surface area contributed by atoms with E-state index >= 15 is 0 Å². The number of carbonyl (C=O) groups excluding carboxylic acids is 1. The summed E-state index contributed by atoms with van der Waals surface area (Å²) in [6.07, 6.45) is -0.373. The number of hydrogen-bond donors (Lipinski definition) is 1. The van der Waals surface area contributed by atoms with Gasteiger partial charge < -0.3 is 5.11 Å². The van der Waals surface area contributed by atoms with Crippen LogP contribution in [0.3, 0.4) is 0 Å². The Bertz CT molecular complexity index is 335. The third kappa shape index (κ3) is 5.22. The summed E-state index contributed by atoms with van der Waals surface area (Å²) in [4.78, 5) is 21.3. The van der Waals surface area contributed by atoms with Gasteiger partial charge >= 0.3 is 5.97 Å². The lowest BCUT2D eigenvalue weighted by molar-refractivity contribution is -0.139. The number of thioether (sulfide) groups is 1. The molecule has 0 spiro atoms. The van der Waals surface area contributed by atoms with Crippen LogP contribution in [0.1, 0.15) is 12.0 Å². The highest BCUT2D eigenvalue weighted by Gasteiger charge is 2.07. The molecule has 0 aromatic heterocycles. The predicted molar refractivity (Wildman–Crippen MR) is 59.9 cm³/mol. The number of ketones is 1. The van der Waals surface area contributed by atoms with Gasteiger partial charge in [0.15, 0.2) is 5.78 Å². The highest BCUT2D eigenvalue weighted by atomic mass is 32.2. The van der Waals surface area contributed by atoms with E-state index in [1.165, 1.54) is 11.8 Å². The molecule has 1 rings (SSSR count). The molecule has 0 heterocycles. The molecule has 1 aromatic carbocycles. The Morgan fingerprint density at radius 1 is 1.20 bits per heavy atom. The van der Waals surface area contributed by atoms with Crippen LogP contribution in [0.4, 0.5) is 0 Å². The lowest BCUT2D eigenvalue weighted by Gasteiger charge is -1.99. The van der Waals surface area contributed by atoms with Crippen molar-refractivity contribution in [1.82, 2.24) is 0 Å². The summed E-state index contributed by atoms with van der Waals surface area (Å²) in [5.74, 6) is -0.281. The van der Waals surface area contributed by atoms with Crippen LogP contribution in [0.25, 0.3) is 0 Å². The first-order valence-corrected chi connectivity index (χ1v) is 5.69. The average molecular weight is 224 g/mol. The van der Waals surface area contributed by atoms with Crippen molar-refractivity contribution < 1.29 is 14.7 Å². The number of hydrogen-bond acceptors (Lipinski definition) is 3. The molecular formula is C11H12O3S. The number of carboxylic acid groups (broad SMARTS) is 1. The SMILES string of the molecule is O=C(O)CC(=O)CSCc1ccccc1. The van der Waals surface area contributed by atoms with Crippen molar-refractivity contribution in [3.05, 3.63) is 35.9 Å². The van der Waals surface area contributed by atoms with Crippen molar-refractivity contribution in [3.8, 4) is 0 Å². The van der Waals surface area contributed by atoms with Crippen molar-refractivity contribution in [3.63, 3.8) is 0 Å². The Labute approximate surface area is 92.5 Å². The van der Waals surface area contributed by atoms with E-state index in [9.17, 15) is 9.59 Å². The molecule has 0 amide bonds. The fourth-order valence-corrected chi connectivity index (χ4v) is 1.94. The first-order valence-electron chi connectivity index (χ1n) is 4.53. The molecule has 0 atom stereocenters. The van der Waals surface area contributed by atoms with Crippen molar-refractivity contribution in [2.24, 2.45) is 0 Å². The van der Waals surface area contributed by atoms with Crippen LogP contribution < -0.4 is 0 Å². The number of aliphatic carboxylic acids is 1. The monoisotopic (exact) mass is 224 g/mol. The summed E-state index contributed by atoms with van der Waals surface area (Å²) in [7, 11) is 0. The molecule has 0 fully saturated rings. The first kappa shape index (κ1) is 11.8. The molecule has 1 aromatic rings. The second-order valence-corrected chi connectivity index (χ2v) is 4.07. The van der Waals surface area contributed by atoms with Gasteiger partial charge in [0.25, 0.3) is 0 Å². The number of carbonyl (C=O) groups is 2. The van der Waals surface area contributed by atoms with Crippen LogP contribution in [0, 0.1) is 0 Å². The van der Waals surface area contributed by atoms with E-state index < -0.39 is 5.97 Å². The second kappa shape index (κ2) is 6.24. The van der Waals surface area contributed by atoms with Crippen LogP contribution in [-0.4, -0.2) is 22.6 Å². The van der Waals surface area contributed by atoms with Crippen LogP contribution >= 0.6 is 11.8 Å².